The van der Waals surface area contributed by atoms with Crippen LogP contribution in [0.3, 0.4) is 0 Å². The molecule has 27 heavy (non-hydrogen) atoms. The number of aromatic nitrogens is 2. The zero-order valence-corrected chi connectivity index (χ0v) is 15.1. The Kier molecular flexibility index (Phi) is 4.43. The molecule has 140 valence electrons. The molecule has 2 aromatic heterocycles. The zero-order chi connectivity index (χ0) is 19.0. The lowest BCUT2D eigenvalue weighted by atomic mass is 10.1. The van der Waals surface area contributed by atoms with Crippen molar-refractivity contribution in [1.82, 2.24) is 14.5 Å². The monoisotopic (exact) mass is 368 g/mol. The number of aryl methyl sites for hydroxylation is 1. The van der Waals surface area contributed by atoms with Crippen molar-refractivity contribution in [2.24, 2.45) is 7.05 Å². The molecule has 0 aliphatic carbocycles. The predicted octanol–water partition coefficient (Wildman–Crippen LogP) is 2.31. The minimum absolute atomic E-state index is 0.0464. The molecule has 0 atom stereocenters. The molecule has 0 bridgehead atoms. The van der Waals surface area contributed by atoms with Gasteiger partial charge in [-0.3, -0.25) is 4.79 Å². The molecule has 1 N–H and O–H groups in total. The highest BCUT2D eigenvalue weighted by atomic mass is 19.1. The van der Waals surface area contributed by atoms with E-state index < -0.39 is 0 Å². The van der Waals surface area contributed by atoms with Crippen molar-refractivity contribution >= 4 is 22.6 Å². The normalized spacial score (nSPS) is 14.7. The molecule has 7 heteroatoms. The van der Waals surface area contributed by atoms with E-state index in [1.54, 1.807) is 18.2 Å². The smallest absolute Gasteiger partial charge is 0.227 e. The second-order valence-electron chi connectivity index (χ2n) is 6.85. The van der Waals surface area contributed by atoms with E-state index in [1.165, 1.54) is 18.3 Å². The third-order valence-corrected chi connectivity index (χ3v) is 5.06. The lowest BCUT2D eigenvalue weighted by Gasteiger charge is -2.35. The third kappa shape index (κ3) is 3.45. The number of pyridine rings is 1. The molecule has 1 aliphatic heterocycles. The van der Waals surface area contributed by atoms with Crippen molar-refractivity contribution in [3.05, 3.63) is 54.1 Å². The first-order valence-corrected chi connectivity index (χ1v) is 8.92. The summed E-state index contributed by atoms with van der Waals surface area (Å²) in [4.78, 5) is 20.9. The lowest BCUT2D eigenvalue weighted by Crippen LogP contribution is -2.49. The van der Waals surface area contributed by atoms with E-state index in [0.717, 1.165) is 22.3 Å². The SMILES string of the molecule is Cn1cc(CC(=O)N2CCN(c3ccc(O)cn3)CC2)c2cc(F)ccc21. The van der Waals surface area contributed by atoms with Gasteiger partial charge in [0.15, 0.2) is 0 Å². The van der Waals surface area contributed by atoms with Crippen LogP contribution in [0.2, 0.25) is 0 Å². The molecule has 0 spiro atoms. The second-order valence-corrected chi connectivity index (χ2v) is 6.85. The van der Waals surface area contributed by atoms with Crippen molar-refractivity contribution in [2.75, 3.05) is 31.1 Å². The summed E-state index contributed by atoms with van der Waals surface area (Å²) in [7, 11) is 1.90. The van der Waals surface area contributed by atoms with Gasteiger partial charge in [0.1, 0.15) is 17.4 Å². The first-order valence-electron chi connectivity index (χ1n) is 8.92. The molecule has 0 radical (unpaired) electrons. The maximum Gasteiger partial charge on any atom is 0.227 e. The highest BCUT2D eigenvalue weighted by Crippen LogP contribution is 2.23. The molecule has 3 aromatic rings. The van der Waals surface area contributed by atoms with Crippen LogP contribution in [-0.2, 0) is 18.3 Å². The number of amides is 1. The van der Waals surface area contributed by atoms with Crippen molar-refractivity contribution in [3.8, 4) is 5.75 Å². The Bertz CT molecular complexity index is 976. The molecular weight excluding hydrogens is 347 g/mol. The summed E-state index contributed by atoms with van der Waals surface area (Å²) in [6.45, 7) is 2.60. The van der Waals surface area contributed by atoms with Crippen molar-refractivity contribution < 1.29 is 14.3 Å². The highest BCUT2D eigenvalue weighted by molar-refractivity contribution is 5.89. The summed E-state index contributed by atoms with van der Waals surface area (Å²) in [6.07, 6.45) is 3.59. The van der Waals surface area contributed by atoms with Gasteiger partial charge in [0.25, 0.3) is 0 Å². The number of hydrogen-bond donors (Lipinski definition) is 1. The number of aromatic hydroxyl groups is 1. The largest absolute Gasteiger partial charge is 0.506 e. The van der Waals surface area contributed by atoms with E-state index in [-0.39, 0.29) is 23.9 Å². The van der Waals surface area contributed by atoms with Gasteiger partial charge in [-0.2, -0.15) is 0 Å². The Morgan fingerprint density at radius 1 is 1.19 bits per heavy atom. The summed E-state index contributed by atoms with van der Waals surface area (Å²) in [5.74, 6) is 0.686. The molecule has 1 amide bonds. The fraction of sp³-hybridized carbons (Fsp3) is 0.300. The standard InChI is InChI=1S/C20H21FN4O2/c1-23-13-14(17-11-15(21)2-4-18(17)23)10-20(27)25-8-6-24(7-9-25)19-5-3-16(26)12-22-19/h2-5,11-13,26H,6-10H2,1H3. The Labute approximate surface area is 156 Å². The Morgan fingerprint density at radius 3 is 2.67 bits per heavy atom. The second kappa shape index (κ2) is 6.90. The highest BCUT2D eigenvalue weighted by Gasteiger charge is 2.23. The van der Waals surface area contributed by atoms with Crippen LogP contribution in [0.4, 0.5) is 10.2 Å². The third-order valence-electron chi connectivity index (χ3n) is 5.06. The van der Waals surface area contributed by atoms with Gasteiger partial charge in [-0.15, -0.1) is 0 Å². The van der Waals surface area contributed by atoms with E-state index in [0.29, 0.717) is 26.2 Å². The van der Waals surface area contributed by atoms with Crippen molar-refractivity contribution in [2.45, 2.75) is 6.42 Å². The summed E-state index contributed by atoms with van der Waals surface area (Å²) in [6, 6.07) is 8.05. The summed E-state index contributed by atoms with van der Waals surface area (Å²) in [5.41, 5.74) is 1.77. The molecule has 0 unspecified atom stereocenters. The summed E-state index contributed by atoms with van der Waals surface area (Å²) >= 11 is 0. The molecule has 1 saturated heterocycles. The van der Waals surface area contributed by atoms with Gasteiger partial charge in [-0.25, -0.2) is 9.37 Å². The Morgan fingerprint density at radius 2 is 1.96 bits per heavy atom. The number of carbonyl (C=O) groups excluding carboxylic acids is 1. The number of anilines is 1. The topological polar surface area (TPSA) is 61.6 Å². The summed E-state index contributed by atoms with van der Waals surface area (Å²) < 4.78 is 15.5. The zero-order valence-electron chi connectivity index (χ0n) is 15.1. The van der Waals surface area contributed by atoms with Gasteiger partial charge in [0.2, 0.25) is 5.91 Å². The average Bonchev–Trinajstić information content (AvgIpc) is 2.97. The van der Waals surface area contributed by atoms with Gasteiger partial charge in [0.05, 0.1) is 12.6 Å². The van der Waals surface area contributed by atoms with Crippen LogP contribution >= 0.6 is 0 Å². The fourth-order valence-electron chi connectivity index (χ4n) is 3.61. The number of benzene rings is 1. The number of carbonyl (C=O) groups is 1. The molecular formula is C20H21FN4O2. The molecule has 3 heterocycles. The number of halogens is 1. The molecule has 1 aliphatic rings. The van der Waals surface area contributed by atoms with Crippen LogP contribution in [0.25, 0.3) is 10.9 Å². The fourth-order valence-corrected chi connectivity index (χ4v) is 3.61. The minimum atomic E-state index is -0.294. The molecule has 4 rings (SSSR count). The van der Waals surface area contributed by atoms with E-state index in [4.69, 9.17) is 0 Å². The van der Waals surface area contributed by atoms with Crippen LogP contribution in [0.5, 0.6) is 5.75 Å². The van der Waals surface area contributed by atoms with Gasteiger partial charge in [0, 0.05) is 50.3 Å². The first kappa shape index (κ1) is 17.3. The van der Waals surface area contributed by atoms with Gasteiger partial charge >= 0.3 is 0 Å². The number of nitrogens with zero attached hydrogens (tertiary/aromatic N) is 4. The molecule has 1 aromatic carbocycles. The van der Waals surface area contributed by atoms with E-state index in [2.05, 4.69) is 9.88 Å². The quantitative estimate of drug-likeness (QED) is 0.771. The van der Waals surface area contributed by atoms with Crippen LogP contribution < -0.4 is 4.90 Å². The molecule has 0 saturated carbocycles. The van der Waals surface area contributed by atoms with Crippen LogP contribution in [0.15, 0.2) is 42.7 Å². The molecule has 1 fully saturated rings. The van der Waals surface area contributed by atoms with E-state index in [1.807, 2.05) is 22.7 Å². The lowest BCUT2D eigenvalue weighted by molar-refractivity contribution is -0.130. The van der Waals surface area contributed by atoms with Crippen LogP contribution in [-0.4, -0.2) is 51.6 Å². The van der Waals surface area contributed by atoms with Crippen LogP contribution in [0.1, 0.15) is 5.56 Å². The van der Waals surface area contributed by atoms with Gasteiger partial charge in [-0.1, -0.05) is 0 Å². The maximum atomic E-state index is 13.6. The van der Waals surface area contributed by atoms with E-state index in [9.17, 15) is 14.3 Å². The number of fused-ring (bicyclic) bond motifs is 1. The molecule has 6 nitrogen and oxygen atoms in total. The van der Waals surface area contributed by atoms with E-state index >= 15 is 0 Å². The van der Waals surface area contributed by atoms with Crippen molar-refractivity contribution in [1.29, 1.82) is 0 Å². The Hall–Kier alpha value is -3.09. The van der Waals surface area contributed by atoms with Gasteiger partial charge in [-0.05, 0) is 35.9 Å². The van der Waals surface area contributed by atoms with Crippen molar-refractivity contribution in [3.63, 3.8) is 0 Å². The first-order chi connectivity index (χ1) is 13.0. The number of hydrogen-bond acceptors (Lipinski definition) is 4. The predicted molar refractivity (Wildman–Crippen MR) is 101 cm³/mol. The Balaban J connectivity index is 1.43. The minimum Gasteiger partial charge on any atom is -0.506 e. The number of piperazine rings is 1. The average molecular weight is 368 g/mol. The number of rotatable bonds is 3. The van der Waals surface area contributed by atoms with Crippen LogP contribution in [0, 0.1) is 5.82 Å². The summed E-state index contributed by atoms with van der Waals surface area (Å²) in [5, 5.41) is 10.1. The van der Waals surface area contributed by atoms with Gasteiger partial charge < -0.3 is 19.5 Å². The maximum absolute atomic E-state index is 13.6.